The van der Waals surface area contributed by atoms with Crippen molar-refractivity contribution >= 4 is 17.7 Å². The molecular weight excluding hydrogens is 220 g/mol. The third-order valence-corrected chi connectivity index (χ3v) is 4.96. The molecule has 0 aromatic heterocycles. The molecule has 1 saturated heterocycles. The van der Waals surface area contributed by atoms with E-state index in [0.717, 1.165) is 19.5 Å². The molecule has 0 radical (unpaired) electrons. The van der Waals surface area contributed by atoms with Crippen LogP contribution < -0.4 is 10.6 Å². The minimum Gasteiger partial charge on any atom is -0.352 e. The molecule has 2 rings (SSSR count). The highest BCUT2D eigenvalue weighted by molar-refractivity contribution is 8.00. The fourth-order valence-electron chi connectivity index (χ4n) is 2.11. The van der Waals surface area contributed by atoms with Gasteiger partial charge in [0, 0.05) is 11.3 Å². The molecule has 16 heavy (non-hydrogen) atoms. The molecule has 3 nitrogen and oxygen atoms in total. The number of hydrogen-bond donors (Lipinski definition) is 2. The lowest BCUT2D eigenvalue weighted by atomic mass is 10.2. The van der Waals surface area contributed by atoms with Crippen LogP contribution in [0, 0.1) is 5.41 Å². The van der Waals surface area contributed by atoms with Crippen molar-refractivity contribution < 1.29 is 4.79 Å². The molecule has 1 amide bonds. The van der Waals surface area contributed by atoms with Gasteiger partial charge in [-0.25, -0.2) is 0 Å². The first-order valence-electron chi connectivity index (χ1n) is 6.19. The highest BCUT2D eigenvalue weighted by Gasteiger charge is 2.46. The number of amides is 1. The zero-order valence-corrected chi connectivity index (χ0v) is 11.0. The molecular formula is C12H22N2OS. The van der Waals surface area contributed by atoms with Gasteiger partial charge in [0.25, 0.3) is 0 Å². The Morgan fingerprint density at radius 2 is 2.06 bits per heavy atom. The van der Waals surface area contributed by atoms with Gasteiger partial charge in [0.15, 0.2) is 0 Å². The maximum atomic E-state index is 11.7. The van der Waals surface area contributed by atoms with Crippen LogP contribution in [0.4, 0.5) is 0 Å². The van der Waals surface area contributed by atoms with E-state index in [1.54, 1.807) is 0 Å². The SMILES string of the molecule is CC1(C)CC1NC(=O)CSC1CCNCC1. The summed E-state index contributed by atoms with van der Waals surface area (Å²) in [6, 6.07) is 0.425. The number of carbonyl (C=O) groups is 1. The van der Waals surface area contributed by atoms with Crippen molar-refractivity contribution in [2.24, 2.45) is 5.41 Å². The topological polar surface area (TPSA) is 41.1 Å². The number of hydrogen-bond acceptors (Lipinski definition) is 3. The first kappa shape index (κ1) is 12.2. The summed E-state index contributed by atoms with van der Waals surface area (Å²) in [4.78, 5) is 11.7. The van der Waals surface area contributed by atoms with E-state index >= 15 is 0 Å². The summed E-state index contributed by atoms with van der Waals surface area (Å²) in [5, 5.41) is 7.13. The number of thioether (sulfide) groups is 1. The Morgan fingerprint density at radius 1 is 1.44 bits per heavy atom. The number of carbonyl (C=O) groups excluding carboxylic acids is 1. The Labute approximate surface area is 102 Å². The van der Waals surface area contributed by atoms with Crippen LogP contribution in [0.2, 0.25) is 0 Å². The summed E-state index contributed by atoms with van der Waals surface area (Å²) in [6.45, 7) is 6.62. The molecule has 4 heteroatoms. The van der Waals surface area contributed by atoms with Crippen molar-refractivity contribution in [1.29, 1.82) is 0 Å². The minimum atomic E-state index is 0.221. The maximum absolute atomic E-state index is 11.7. The lowest BCUT2D eigenvalue weighted by Gasteiger charge is -2.21. The van der Waals surface area contributed by atoms with Crippen LogP contribution in [0.3, 0.4) is 0 Å². The second-order valence-electron chi connectivity index (χ2n) is 5.57. The van der Waals surface area contributed by atoms with Crippen molar-refractivity contribution in [1.82, 2.24) is 10.6 Å². The Hall–Kier alpha value is -0.220. The molecule has 1 unspecified atom stereocenters. The van der Waals surface area contributed by atoms with E-state index in [2.05, 4.69) is 24.5 Å². The van der Waals surface area contributed by atoms with Crippen molar-refractivity contribution in [3.63, 3.8) is 0 Å². The van der Waals surface area contributed by atoms with Crippen LogP contribution in [0.5, 0.6) is 0 Å². The van der Waals surface area contributed by atoms with Crippen LogP contribution in [0.15, 0.2) is 0 Å². The molecule has 0 bridgehead atoms. The molecule has 2 N–H and O–H groups in total. The van der Waals surface area contributed by atoms with Crippen molar-refractivity contribution in [2.75, 3.05) is 18.8 Å². The Kier molecular flexibility index (Phi) is 3.80. The van der Waals surface area contributed by atoms with E-state index in [-0.39, 0.29) is 5.91 Å². The molecule has 2 fully saturated rings. The summed E-state index contributed by atoms with van der Waals surface area (Å²) in [7, 11) is 0. The Balaban J connectivity index is 1.60. The Bertz CT molecular complexity index is 262. The molecule has 1 heterocycles. The van der Waals surface area contributed by atoms with Crippen LogP contribution >= 0.6 is 11.8 Å². The summed E-state index contributed by atoms with van der Waals surface area (Å²) in [6.07, 6.45) is 3.54. The van der Waals surface area contributed by atoms with Gasteiger partial charge in [0.05, 0.1) is 5.75 Å². The van der Waals surface area contributed by atoms with Gasteiger partial charge in [-0.15, -0.1) is 11.8 Å². The zero-order chi connectivity index (χ0) is 11.6. The highest BCUT2D eigenvalue weighted by Crippen LogP contribution is 2.44. The second-order valence-corrected chi connectivity index (χ2v) is 6.86. The fourth-order valence-corrected chi connectivity index (χ4v) is 3.14. The van der Waals surface area contributed by atoms with Gasteiger partial charge in [0.1, 0.15) is 0 Å². The van der Waals surface area contributed by atoms with Crippen LogP contribution in [-0.4, -0.2) is 36.0 Å². The first-order valence-corrected chi connectivity index (χ1v) is 7.24. The molecule has 0 aromatic carbocycles. The summed E-state index contributed by atoms with van der Waals surface area (Å²) in [5.41, 5.74) is 0.342. The predicted molar refractivity (Wildman–Crippen MR) is 68.7 cm³/mol. The van der Waals surface area contributed by atoms with E-state index in [0.29, 0.717) is 22.5 Å². The van der Waals surface area contributed by atoms with Gasteiger partial charge >= 0.3 is 0 Å². The van der Waals surface area contributed by atoms with Gasteiger partial charge in [0.2, 0.25) is 5.91 Å². The number of rotatable bonds is 4. The third kappa shape index (κ3) is 3.39. The number of piperidine rings is 1. The van der Waals surface area contributed by atoms with Gasteiger partial charge < -0.3 is 10.6 Å². The van der Waals surface area contributed by atoms with Gasteiger partial charge in [-0.05, 0) is 37.8 Å². The molecule has 0 spiro atoms. The zero-order valence-electron chi connectivity index (χ0n) is 10.2. The molecule has 1 aliphatic carbocycles. The Morgan fingerprint density at radius 3 is 2.62 bits per heavy atom. The van der Waals surface area contributed by atoms with Crippen molar-refractivity contribution in [2.45, 2.75) is 44.4 Å². The molecule has 1 saturated carbocycles. The normalized spacial score (nSPS) is 28.8. The highest BCUT2D eigenvalue weighted by atomic mass is 32.2. The largest absolute Gasteiger partial charge is 0.352 e. The van der Waals surface area contributed by atoms with E-state index in [4.69, 9.17) is 0 Å². The predicted octanol–water partition coefficient (Wildman–Crippen LogP) is 1.39. The van der Waals surface area contributed by atoms with E-state index in [1.807, 2.05) is 11.8 Å². The monoisotopic (exact) mass is 242 g/mol. The van der Waals surface area contributed by atoms with E-state index < -0.39 is 0 Å². The lowest BCUT2D eigenvalue weighted by molar-refractivity contribution is -0.118. The summed E-state index contributed by atoms with van der Waals surface area (Å²) >= 11 is 1.82. The van der Waals surface area contributed by atoms with Crippen LogP contribution in [0.1, 0.15) is 33.1 Å². The van der Waals surface area contributed by atoms with Crippen molar-refractivity contribution in [3.05, 3.63) is 0 Å². The summed E-state index contributed by atoms with van der Waals surface area (Å²) in [5.74, 6) is 0.858. The smallest absolute Gasteiger partial charge is 0.230 e. The lowest BCUT2D eigenvalue weighted by Crippen LogP contribution is -2.33. The standard InChI is InChI=1S/C12H22N2OS/c1-12(2)7-10(12)14-11(15)8-16-9-3-5-13-6-4-9/h9-10,13H,3-8H2,1-2H3,(H,14,15). The van der Waals surface area contributed by atoms with Crippen LogP contribution in [0.25, 0.3) is 0 Å². The third-order valence-electron chi connectivity index (χ3n) is 3.58. The van der Waals surface area contributed by atoms with Crippen molar-refractivity contribution in [3.8, 4) is 0 Å². The average Bonchev–Trinajstić information content (AvgIpc) is 2.84. The van der Waals surface area contributed by atoms with Gasteiger partial charge in [-0.1, -0.05) is 13.8 Å². The minimum absolute atomic E-state index is 0.221. The van der Waals surface area contributed by atoms with Gasteiger partial charge in [-0.3, -0.25) is 4.79 Å². The van der Waals surface area contributed by atoms with E-state index in [1.165, 1.54) is 12.8 Å². The molecule has 92 valence electrons. The van der Waals surface area contributed by atoms with Gasteiger partial charge in [-0.2, -0.15) is 0 Å². The second kappa shape index (κ2) is 4.96. The first-order chi connectivity index (χ1) is 7.58. The number of nitrogens with one attached hydrogen (secondary N) is 2. The average molecular weight is 242 g/mol. The summed E-state index contributed by atoms with van der Waals surface area (Å²) < 4.78 is 0. The quantitative estimate of drug-likeness (QED) is 0.783. The van der Waals surface area contributed by atoms with E-state index in [9.17, 15) is 4.79 Å². The molecule has 1 atom stereocenters. The van der Waals surface area contributed by atoms with Crippen LogP contribution in [-0.2, 0) is 4.79 Å². The molecule has 2 aliphatic rings. The molecule has 0 aromatic rings. The molecule has 1 aliphatic heterocycles. The fraction of sp³-hybridized carbons (Fsp3) is 0.917. The maximum Gasteiger partial charge on any atom is 0.230 e.